The van der Waals surface area contributed by atoms with Gasteiger partial charge in [0.1, 0.15) is 5.75 Å². The molecule has 1 aliphatic heterocycles. The smallest absolute Gasteiger partial charge is 0.225 e. The summed E-state index contributed by atoms with van der Waals surface area (Å²) in [6.07, 6.45) is 0.597. The number of carbonyl (C=O) groups is 1. The van der Waals surface area contributed by atoms with E-state index >= 15 is 0 Å². The zero-order valence-corrected chi connectivity index (χ0v) is 16.7. The Bertz CT molecular complexity index is 961. The molecular weight excluding hydrogens is 378 g/mol. The Morgan fingerprint density at radius 2 is 1.81 bits per heavy atom. The van der Waals surface area contributed by atoms with Gasteiger partial charge in [0.15, 0.2) is 0 Å². The molecule has 1 aliphatic rings. The summed E-state index contributed by atoms with van der Waals surface area (Å²) in [6.45, 7) is 4.02. The van der Waals surface area contributed by atoms with E-state index in [1.807, 2.05) is 50.2 Å². The third-order valence-electron chi connectivity index (χ3n) is 4.60. The van der Waals surface area contributed by atoms with E-state index < -0.39 is 0 Å². The summed E-state index contributed by atoms with van der Waals surface area (Å²) in [6, 6.07) is 15.8. The fraction of sp³-hybridized carbons (Fsp3) is 0.227. The quantitative estimate of drug-likeness (QED) is 0.558. The van der Waals surface area contributed by atoms with E-state index in [-0.39, 0.29) is 17.9 Å². The molecule has 27 heavy (non-hydrogen) atoms. The molecule has 1 unspecified atom stereocenters. The van der Waals surface area contributed by atoms with E-state index in [1.165, 1.54) is 4.88 Å². The Labute approximate surface area is 167 Å². The minimum Gasteiger partial charge on any atom is -0.491 e. The second-order valence-corrected chi connectivity index (χ2v) is 8.28. The van der Waals surface area contributed by atoms with Crippen LogP contribution in [0.15, 0.2) is 53.9 Å². The Morgan fingerprint density at radius 1 is 1.11 bits per heavy atom. The zero-order chi connectivity index (χ0) is 19.0. The normalized spacial score (nSPS) is 16.1. The summed E-state index contributed by atoms with van der Waals surface area (Å²) in [5.74, 6) is 0.957. The first-order valence-electron chi connectivity index (χ1n) is 8.95. The molecule has 0 saturated carbocycles. The Morgan fingerprint density at radius 3 is 2.48 bits per heavy atom. The summed E-state index contributed by atoms with van der Waals surface area (Å²) in [4.78, 5) is 13.6. The van der Waals surface area contributed by atoms with Crippen LogP contribution in [0.25, 0.3) is 11.1 Å². The van der Waals surface area contributed by atoms with Crippen molar-refractivity contribution in [1.29, 1.82) is 0 Å². The van der Waals surface area contributed by atoms with Crippen LogP contribution in [0, 0.1) is 0 Å². The molecule has 1 amide bonds. The van der Waals surface area contributed by atoms with Crippen molar-refractivity contribution in [2.45, 2.75) is 32.3 Å². The van der Waals surface area contributed by atoms with Crippen molar-refractivity contribution >= 4 is 34.5 Å². The fourth-order valence-electron chi connectivity index (χ4n) is 3.39. The highest BCUT2D eigenvalue weighted by Gasteiger charge is 2.30. The Hall–Kier alpha value is -2.30. The topological polar surface area (TPSA) is 38.3 Å². The molecule has 0 saturated heterocycles. The molecule has 1 N–H and O–H groups in total. The average Bonchev–Trinajstić information content (AvgIpc) is 3.05. The number of hydrogen-bond acceptors (Lipinski definition) is 3. The van der Waals surface area contributed by atoms with E-state index in [0.717, 1.165) is 28.1 Å². The Balaban J connectivity index is 1.69. The molecule has 1 aromatic heterocycles. The predicted octanol–water partition coefficient (Wildman–Crippen LogP) is 6.33. The minimum atomic E-state index is 0.0450. The maximum Gasteiger partial charge on any atom is 0.225 e. The van der Waals surface area contributed by atoms with Crippen molar-refractivity contribution in [3.05, 3.63) is 69.4 Å². The number of fused-ring (bicyclic) bond motifs is 1. The molecule has 3 nitrogen and oxygen atoms in total. The first-order valence-corrected chi connectivity index (χ1v) is 10.2. The van der Waals surface area contributed by atoms with Gasteiger partial charge in [-0.15, -0.1) is 11.3 Å². The van der Waals surface area contributed by atoms with Crippen LogP contribution in [-0.2, 0) is 4.79 Å². The molecule has 4 rings (SSSR count). The molecule has 0 fully saturated rings. The lowest BCUT2D eigenvalue weighted by atomic mass is 9.89. The third kappa shape index (κ3) is 3.73. The second-order valence-electron chi connectivity index (χ2n) is 6.94. The van der Waals surface area contributed by atoms with Crippen LogP contribution in [0.5, 0.6) is 5.75 Å². The molecule has 0 spiro atoms. The largest absolute Gasteiger partial charge is 0.491 e. The lowest BCUT2D eigenvalue weighted by molar-refractivity contribution is -0.116. The molecule has 0 aliphatic carbocycles. The summed E-state index contributed by atoms with van der Waals surface area (Å²) in [5, 5.41) is 5.89. The van der Waals surface area contributed by atoms with Crippen LogP contribution >= 0.6 is 22.9 Å². The van der Waals surface area contributed by atoms with E-state index in [4.69, 9.17) is 16.3 Å². The van der Waals surface area contributed by atoms with Crippen molar-refractivity contribution in [2.24, 2.45) is 0 Å². The molecule has 5 heteroatoms. The SMILES string of the molecule is CC(C)Oc1ccc(C2CC(=O)Nc3c(-c4ccc(Cl)cc4)csc32)cc1. The first kappa shape index (κ1) is 18.1. The van der Waals surface area contributed by atoms with Gasteiger partial charge < -0.3 is 10.1 Å². The van der Waals surface area contributed by atoms with Crippen molar-refractivity contribution in [3.8, 4) is 16.9 Å². The molecule has 2 heterocycles. The number of amides is 1. The second kappa shape index (κ2) is 7.37. The first-order chi connectivity index (χ1) is 13.0. The van der Waals surface area contributed by atoms with Gasteiger partial charge in [-0.3, -0.25) is 4.79 Å². The highest BCUT2D eigenvalue weighted by Crippen LogP contribution is 2.46. The van der Waals surface area contributed by atoms with Crippen LogP contribution in [0.1, 0.15) is 36.6 Å². The highest BCUT2D eigenvalue weighted by atomic mass is 35.5. The molecule has 0 bridgehead atoms. The van der Waals surface area contributed by atoms with Crippen molar-refractivity contribution in [1.82, 2.24) is 0 Å². The van der Waals surface area contributed by atoms with E-state index in [2.05, 4.69) is 22.8 Å². The van der Waals surface area contributed by atoms with Gasteiger partial charge in [0.2, 0.25) is 5.91 Å². The van der Waals surface area contributed by atoms with Gasteiger partial charge in [0.05, 0.1) is 11.8 Å². The number of nitrogens with one attached hydrogen (secondary N) is 1. The number of halogens is 1. The number of hydrogen-bond donors (Lipinski definition) is 1. The van der Waals surface area contributed by atoms with Crippen LogP contribution < -0.4 is 10.1 Å². The van der Waals surface area contributed by atoms with E-state index in [0.29, 0.717) is 11.4 Å². The molecule has 138 valence electrons. The van der Waals surface area contributed by atoms with Gasteiger partial charge in [0.25, 0.3) is 0 Å². The van der Waals surface area contributed by atoms with E-state index in [9.17, 15) is 4.79 Å². The number of ether oxygens (including phenoxy) is 1. The van der Waals surface area contributed by atoms with Crippen LogP contribution in [0.3, 0.4) is 0 Å². The van der Waals surface area contributed by atoms with E-state index in [1.54, 1.807) is 11.3 Å². The number of thiophene rings is 1. The van der Waals surface area contributed by atoms with Gasteiger partial charge in [-0.1, -0.05) is 35.9 Å². The number of anilines is 1. The molecule has 3 aromatic rings. The molecular formula is C22H20ClNO2S. The third-order valence-corrected chi connectivity index (χ3v) is 5.95. The monoisotopic (exact) mass is 397 g/mol. The lowest BCUT2D eigenvalue weighted by Gasteiger charge is -2.24. The van der Waals surface area contributed by atoms with Gasteiger partial charge >= 0.3 is 0 Å². The van der Waals surface area contributed by atoms with Crippen molar-refractivity contribution < 1.29 is 9.53 Å². The summed E-state index contributed by atoms with van der Waals surface area (Å²) >= 11 is 7.70. The van der Waals surface area contributed by atoms with Crippen molar-refractivity contribution in [2.75, 3.05) is 5.32 Å². The van der Waals surface area contributed by atoms with Gasteiger partial charge in [-0.25, -0.2) is 0 Å². The van der Waals surface area contributed by atoms with Crippen molar-refractivity contribution in [3.63, 3.8) is 0 Å². The number of rotatable bonds is 4. The average molecular weight is 398 g/mol. The van der Waals surface area contributed by atoms with Crippen LogP contribution in [0.2, 0.25) is 5.02 Å². The number of benzene rings is 2. The van der Waals surface area contributed by atoms with Gasteiger partial charge in [-0.05, 0) is 49.2 Å². The van der Waals surface area contributed by atoms with Crippen LogP contribution in [-0.4, -0.2) is 12.0 Å². The summed E-state index contributed by atoms with van der Waals surface area (Å²) < 4.78 is 5.73. The summed E-state index contributed by atoms with van der Waals surface area (Å²) in [7, 11) is 0. The zero-order valence-electron chi connectivity index (χ0n) is 15.2. The predicted molar refractivity (Wildman–Crippen MR) is 112 cm³/mol. The van der Waals surface area contributed by atoms with Gasteiger partial charge in [0, 0.05) is 33.2 Å². The maximum atomic E-state index is 12.4. The molecule has 1 atom stereocenters. The molecule has 0 radical (unpaired) electrons. The van der Waals surface area contributed by atoms with Crippen LogP contribution in [0.4, 0.5) is 5.69 Å². The lowest BCUT2D eigenvalue weighted by Crippen LogP contribution is -2.22. The number of carbonyl (C=O) groups excluding carboxylic acids is 1. The highest BCUT2D eigenvalue weighted by molar-refractivity contribution is 7.11. The fourth-order valence-corrected chi connectivity index (χ4v) is 4.68. The standard InChI is InChI=1S/C22H20ClNO2S/c1-13(2)26-17-9-5-14(6-10-17)18-11-20(25)24-21-19(12-27-22(18)21)15-3-7-16(23)8-4-15/h3-10,12-13,18H,11H2,1-2H3,(H,24,25). The minimum absolute atomic E-state index is 0.0450. The molecule has 2 aromatic carbocycles. The maximum absolute atomic E-state index is 12.4. The summed E-state index contributed by atoms with van der Waals surface area (Å²) in [5.41, 5.74) is 4.15. The van der Waals surface area contributed by atoms with Gasteiger partial charge in [-0.2, -0.15) is 0 Å². The Kier molecular flexibility index (Phi) is 4.94.